The first-order valence-electron chi connectivity index (χ1n) is 4.08. The van der Waals surface area contributed by atoms with E-state index in [1.807, 2.05) is 4.72 Å². The van der Waals surface area contributed by atoms with Crippen molar-refractivity contribution in [2.24, 2.45) is 0 Å². The zero-order chi connectivity index (χ0) is 13.2. The van der Waals surface area contributed by atoms with Crippen LogP contribution in [-0.2, 0) is 14.8 Å². The Morgan fingerprint density at radius 1 is 1.53 bits per heavy atom. The van der Waals surface area contributed by atoms with Crippen LogP contribution < -0.4 is 4.72 Å². The van der Waals surface area contributed by atoms with E-state index in [9.17, 15) is 13.2 Å². The predicted molar refractivity (Wildman–Crippen MR) is 68.6 cm³/mol. The molecule has 0 aromatic carbocycles. The van der Waals surface area contributed by atoms with Gasteiger partial charge in [0.2, 0.25) is 10.0 Å². The van der Waals surface area contributed by atoms with Gasteiger partial charge in [-0.15, -0.1) is 11.3 Å². The molecule has 0 aliphatic carbocycles. The SMILES string of the molecule is O=C(O)[C@@H](CO)NS(=O)(=O)c1cc(Br)sc1Br. The van der Waals surface area contributed by atoms with Crippen molar-refractivity contribution in [1.82, 2.24) is 4.72 Å². The van der Waals surface area contributed by atoms with Gasteiger partial charge in [0, 0.05) is 0 Å². The van der Waals surface area contributed by atoms with E-state index in [2.05, 4.69) is 31.9 Å². The molecule has 0 aliphatic heterocycles. The summed E-state index contributed by atoms with van der Waals surface area (Å²) in [6.07, 6.45) is 0. The fourth-order valence-corrected chi connectivity index (χ4v) is 5.92. The molecule has 0 spiro atoms. The van der Waals surface area contributed by atoms with Gasteiger partial charge in [-0.1, -0.05) is 0 Å². The number of carbonyl (C=O) groups is 1. The summed E-state index contributed by atoms with van der Waals surface area (Å²) < 4.78 is 26.4. The summed E-state index contributed by atoms with van der Waals surface area (Å²) in [7, 11) is -3.98. The fraction of sp³-hybridized carbons (Fsp3) is 0.286. The van der Waals surface area contributed by atoms with E-state index < -0.39 is 28.6 Å². The van der Waals surface area contributed by atoms with E-state index in [0.29, 0.717) is 7.57 Å². The molecule has 0 fully saturated rings. The third kappa shape index (κ3) is 3.73. The fourth-order valence-electron chi connectivity index (χ4n) is 0.925. The number of sulfonamides is 1. The molecule has 1 aromatic rings. The molecule has 0 saturated carbocycles. The number of carboxylic acids is 1. The van der Waals surface area contributed by atoms with Crippen LogP contribution in [0.25, 0.3) is 0 Å². The summed E-state index contributed by atoms with van der Waals surface area (Å²) in [5.74, 6) is -1.44. The number of thiophene rings is 1. The highest BCUT2D eigenvalue weighted by Crippen LogP contribution is 2.34. The highest BCUT2D eigenvalue weighted by Gasteiger charge is 2.27. The van der Waals surface area contributed by atoms with Crippen LogP contribution in [0.5, 0.6) is 0 Å². The lowest BCUT2D eigenvalue weighted by atomic mass is 10.3. The maximum absolute atomic E-state index is 11.8. The first-order chi connectivity index (χ1) is 7.77. The van der Waals surface area contributed by atoms with Crippen molar-refractivity contribution in [2.45, 2.75) is 10.9 Å². The van der Waals surface area contributed by atoms with Gasteiger partial charge in [0.1, 0.15) is 10.9 Å². The second-order valence-electron chi connectivity index (χ2n) is 2.88. The number of halogens is 2. The molecule has 10 heteroatoms. The molecule has 1 atom stereocenters. The average Bonchev–Trinajstić information content (AvgIpc) is 2.54. The van der Waals surface area contributed by atoms with E-state index in [1.165, 1.54) is 6.07 Å². The Morgan fingerprint density at radius 2 is 2.12 bits per heavy atom. The van der Waals surface area contributed by atoms with Crippen LogP contribution in [0, 0.1) is 0 Å². The largest absolute Gasteiger partial charge is 0.480 e. The van der Waals surface area contributed by atoms with Crippen LogP contribution in [0.1, 0.15) is 0 Å². The zero-order valence-corrected chi connectivity index (χ0v) is 12.9. The number of rotatable bonds is 5. The second-order valence-corrected chi connectivity index (χ2v) is 8.31. The Hall–Kier alpha value is -0.000000000000000333. The lowest BCUT2D eigenvalue weighted by molar-refractivity contribution is -0.139. The Balaban J connectivity index is 3.04. The highest BCUT2D eigenvalue weighted by atomic mass is 79.9. The number of nitrogens with one attached hydrogen (secondary N) is 1. The molecule has 1 aromatic heterocycles. The van der Waals surface area contributed by atoms with Crippen molar-refractivity contribution < 1.29 is 23.4 Å². The summed E-state index contributed by atoms with van der Waals surface area (Å²) in [6.45, 7) is -0.822. The maximum Gasteiger partial charge on any atom is 0.324 e. The second kappa shape index (κ2) is 5.76. The van der Waals surface area contributed by atoms with Crippen LogP contribution in [0.15, 0.2) is 18.5 Å². The van der Waals surface area contributed by atoms with Crippen molar-refractivity contribution in [3.05, 3.63) is 13.6 Å². The van der Waals surface area contributed by atoms with Gasteiger partial charge in [-0.3, -0.25) is 4.79 Å². The standard InChI is InChI=1S/C7H7Br2NO5S2/c8-5-1-4(6(9)16-5)17(14,15)10-3(2-11)7(12)13/h1,3,10-11H,2H2,(H,12,13)/t3-/m1/s1. The van der Waals surface area contributed by atoms with Crippen LogP contribution in [0.3, 0.4) is 0 Å². The van der Waals surface area contributed by atoms with Crippen molar-refractivity contribution >= 4 is 59.2 Å². The summed E-state index contributed by atoms with van der Waals surface area (Å²) in [6, 6.07) is -0.224. The minimum absolute atomic E-state index is 0.0749. The number of aliphatic hydroxyl groups excluding tert-OH is 1. The molecule has 96 valence electrons. The van der Waals surface area contributed by atoms with Gasteiger partial charge in [-0.25, -0.2) is 8.42 Å². The smallest absolute Gasteiger partial charge is 0.324 e. The normalized spacial score (nSPS) is 13.6. The minimum Gasteiger partial charge on any atom is -0.480 e. The van der Waals surface area contributed by atoms with Gasteiger partial charge in [0.25, 0.3) is 0 Å². The molecular weight excluding hydrogens is 402 g/mol. The third-order valence-corrected chi connectivity index (χ3v) is 5.92. The molecule has 0 saturated heterocycles. The lowest BCUT2D eigenvalue weighted by Gasteiger charge is -2.11. The van der Waals surface area contributed by atoms with Crippen molar-refractivity contribution in [1.29, 1.82) is 0 Å². The van der Waals surface area contributed by atoms with Gasteiger partial charge in [-0.2, -0.15) is 4.72 Å². The summed E-state index contributed by atoms with van der Waals surface area (Å²) in [4.78, 5) is 10.5. The van der Waals surface area contributed by atoms with Crippen molar-refractivity contribution in [3.8, 4) is 0 Å². The minimum atomic E-state index is -3.98. The number of aliphatic carboxylic acids is 1. The van der Waals surface area contributed by atoms with Crippen molar-refractivity contribution in [2.75, 3.05) is 6.61 Å². The molecule has 0 unspecified atom stereocenters. The maximum atomic E-state index is 11.8. The number of aliphatic hydroxyl groups is 1. The molecule has 0 radical (unpaired) electrons. The molecule has 0 amide bonds. The van der Waals surface area contributed by atoms with Gasteiger partial charge in [0.15, 0.2) is 0 Å². The van der Waals surface area contributed by atoms with Crippen LogP contribution in [0.4, 0.5) is 0 Å². The predicted octanol–water partition coefficient (Wildman–Crippen LogP) is 0.997. The van der Waals surface area contributed by atoms with E-state index in [0.717, 1.165) is 11.3 Å². The molecule has 1 heterocycles. The van der Waals surface area contributed by atoms with E-state index in [4.69, 9.17) is 10.2 Å². The number of carboxylic acid groups (broad SMARTS) is 1. The van der Waals surface area contributed by atoms with Crippen molar-refractivity contribution in [3.63, 3.8) is 0 Å². The lowest BCUT2D eigenvalue weighted by Crippen LogP contribution is -2.43. The van der Waals surface area contributed by atoms with Gasteiger partial charge in [-0.05, 0) is 37.9 Å². The molecule has 0 bridgehead atoms. The topological polar surface area (TPSA) is 104 Å². The van der Waals surface area contributed by atoms with Gasteiger partial charge < -0.3 is 10.2 Å². The highest BCUT2D eigenvalue weighted by molar-refractivity contribution is 9.12. The van der Waals surface area contributed by atoms with E-state index >= 15 is 0 Å². The van der Waals surface area contributed by atoms with E-state index in [1.54, 1.807) is 0 Å². The number of hydrogen-bond donors (Lipinski definition) is 3. The molecule has 17 heavy (non-hydrogen) atoms. The molecular formula is C7H7Br2NO5S2. The first kappa shape index (κ1) is 15.1. The Labute approximate surface area is 118 Å². The third-order valence-electron chi connectivity index (χ3n) is 1.69. The summed E-state index contributed by atoms with van der Waals surface area (Å²) in [5.41, 5.74) is 0. The molecule has 6 nitrogen and oxygen atoms in total. The number of hydrogen-bond acceptors (Lipinski definition) is 5. The Morgan fingerprint density at radius 3 is 2.47 bits per heavy atom. The van der Waals surface area contributed by atoms with Crippen LogP contribution in [0.2, 0.25) is 0 Å². The average molecular weight is 409 g/mol. The quantitative estimate of drug-likeness (QED) is 0.674. The van der Waals surface area contributed by atoms with Gasteiger partial charge >= 0.3 is 5.97 Å². The van der Waals surface area contributed by atoms with Crippen LogP contribution in [-0.4, -0.2) is 37.2 Å². The monoisotopic (exact) mass is 407 g/mol. The molecule has 3 N–H and O–H groups in total. The van der Waals surface area contributed by atoms with Crippen LogP contribution >= 0.6 is 43.2 Å². The molecule has 1 rings (SSSR count). The summed E-state index contributed by atoms with van der Waals surface area (Å²) >= 11 is 7.32. The van der Waals surface area contributed by atoms with E-state index in [-0.39, 0.29) is 4.90 Å². The first-order valence-corrected chi connectivity index (χ1v) is 7.97. The zero-order valence-electron chi connectivity index (χ0n) is 8.05. The molecule has 0 aliphatic rings. The Kier molecular flexibility index (Phi) is 5.10. The van der Waals surface area contributed by atoms with Gasteiger partial charge in [0.05, 0.1) is 14.2 Å². The summed E-state index contributed by atoms with van der Waals surface area (Å²) in [5, 5.41) is 17.4. The Bertz CT molecular complexity index is 526.